The number of nitrogens with one attached hydrogen (secondary N) is 1. The van der Waals surface area contributed by atoms with Crippen molar-refractivity contribution in [2.45, 2.75) is 58.2 Å². The lowest BCUT2D eigenvalue weighted by molar-refractivity contribution is 0.500. The van der Waals surface area contributed by atoms with Gasteiger partial charge in [-0.1, -0.05) is 31.4 Å². The second-order valence-corrected chi connectivity index (χ2v) is 6.11. The molecule has 0 bridgehead atoms. The quantitative estimate of drug-likeness (QED) is 0.897. The molecular formula is C16H22ClN3. The fourth-order valence-electron chi connectivity index (χ4n) is 3.13. The predicted octanol–water partition coefficient (Wildman–Crippen LogP) is 4.13. The Labute approximate surface area is 125 Å². The van der Waals surface area contributed by atoms with Gasteiger partial charge >= 0.3 is 0 Å². The van der Waals surface area contributed by atoms with E-state index in [9.17, 15) is 0 Å². The van der Waals surface area contributed by atoms with E-state index < -0.39 is 0 Å². The number of fused-ring (bicyclic) bond motifs is 1. The SMILES string of the molecule is CCCn1c(CNC2CCCC2)nc2cc(Cl)ccc21. The molecule has 108 valence electrons. The van der Waals surface area contributed by atoms with Crippen molar-refractivity contribution in [1.82, 2.24) is 14.9 Å². The van der Waals surface area contributed by atoms with Crippen molar-refractivity contribution in [2.24, 2.45) is 0 Å². The van der Waals surface area contributed by atoms with E-state index in [2.05, 4.69) is 22.9 Å². The second kappa shape index (κ2) is 6.15. The molecule has 1 aromatic heterocycles. The molecule has 1 saturated carbocycles. The highest BCUT2D eigenvalue weighted by molar-refractivity contribution is 6.31. The molecule has 0 aliphatic heterocycles. The molecule has 1 aliphatic rings. The lowest BCUT2D eigenvalue weighted by Crippen LogP contribution is -2.27. The van der Waals surface area contributed by atoms with E-state index in [1.165, 1.54) is 31.2 Å². The summed E-state index contributed by atoms with van der Waals surface area (Å²) in [6.07, 6.45) is 6.45. The van der Waals surface area contributed by atoms with Crippen molar-refractivity contribution in [2.75, 3.05) is 0 Å². The maximum atomic E-state index is 6.07. The maximum Gasteiger partial charge on any atom is 0.123 e. The van der Waals surface area contributed by atoms with E-state index >= 15 is 0 Å². The Hall–Kier alpha value is -1.06. The van der Waals surface area contributed by atoms with Crippen LogP contribution in [0, 0.1) is 0 Å². The molecule has 0 atom stereocenters. The number of rotatable bonds is 5. The molecule has 4 heteroatoms. The molecule has 0 spiro atoms. The fraction of sp³-hybridized carbons (Fsp3) is 0.562. The van der Waals surface area contributed by atoms with Crippen molar-refractivity contribution in [3.63, 3.8) is 0 Å². The first-order valence-electron chi connectivity index (χ1n) is 7.66. The predicted molar refractivity (Wildman–Crippen MR) is 84.1 cm³/mol. The normalized spacial score (nSPS) is 16.3. The molecule has 3 nitrogen and oxygen atoms in total. The van der Waals surface area contributed by atoms with Gasteiger partial charge in [0.15, 0.2) is 0 Å². The number of halogens is 1. The number of nitrogens with zero attached hydrogens (tertiary/aromatic N) is 2. The van der Waals surface area contributed by atoms with Gasteiger partial charge in [-0.25, -0.2) is 4.98 Å². The summed E-state index contributed by atoms with van der Waals surface area (Å²) < 4.78 is 2.33. The molecule has 1 fully saturated rings. The molecule has 2 aromatic rings. The first-order chi connectivity index (χ1) is 9.78. The van der Waals surface area contributed by atoms with Crippen LogP contribution in [0.5, 0.6) is 0 Å². The molecule has 1 aromatic carbocycles. The van der Waals surface area contributed by atoms with Gasteiger partial charge in [0.2, 0.25) is 0 Å². The third-order valence-corrected chi connectivity index (χ3v) is 4.38. The van der Waals surface area contributed by atoms with Crippen molar-refractivity contribution in [3.05, 3.63) is 29.0 Å². The van der Waals surface area contributed by atoms with Crippen molar-refractivity contribution >= 4 is 22.6 Å². The van der Waals surface area contributed by atoms with Gasteiger partial charge in [0.25, 0.3) is 0 Å². The van der Waals surface area contributed by atoms with Crippen LogP contribution in [0.3, 0.4) is 0 Å². The molecule has 0 radical (unpaired) electrons. The Morgan fingerprint density at radius 2 is 2.15 bits per heavy atom. The van der Waals surface area contributed by atoms with Crippen molar-refractivity contribution in [1.29, 1.82) is 0 Å². The van der Waals surface area contributed by atoms with E-state index in [0.29, 0.717) is 6.04 Å². The Morgan fingerprint density at radius 3 is 2.90 bits per heavy atom. The van der Waals surface area contributed by atoms with Crippen LogP contribution in [0.4, 0.5) is 0 Å². The summed E-state index contributed by atoms with van der Waals surface area (Å²) in [5.41, 5.74) is 2.20. The van der Waals surface area contributed by atoms with Gasteiger partial charge < -0.3 is 9.88 Å². The summed E-state index contributed by atoms with van der Waals surface area (Å²) in [7, 11) is 0. The highest BCUT2D eigenvalue weighted by atomic mass is 35.5. The Morgan fingerprint density at radius 1 is 1.35 bits per heavy atom. The molecule has 3 rings (SSSR count). The van der Waals surface area contributed by atoms with Gasteiger partial charge in [-0.05, 0) is 37.5 Å². The lowest BCUT2D eigenvalue weighted by Gasteiger charge is -2.13. The zero-order valence-electron chi connectivity index (χ0n) is 12.0. The van der Waals surface area contributed by atoms with Gasteiger partial charge in [0, 0.05) is 17.6 Å². The molecule has 1 heterocycles. The summed E-state index contributed by atoms with van der Waals surface area (Å²) in [4.78, 5) is 4.77. The third kappa shape index (κ3) is 2.84. The van der Waals surface area contributed by atoms with Gasteiger partial charge in [-0.15, -0.1) is 0 Å². The Bertz CT molecular complexity index is 585. The number of hydrogen-bond donors (Lipinski definition) is 1. The highest BCUT2D eigenvalue weighted by Crippen LogP contribution is 2.22. The average molecular weight is 292 g/mol. The first-order valence-corrected chi connectivity index (χ1v) is 8.04. The van der Waals surface area contributed by atoms with Crippen LogP contribution in [0.15, 0.2) is 18.2 Å². The largest absolute Gasteiger partial charge is 0.327 e. The molecule has 20 heavy (non-hydrogen) atoms. The zero-order valence-corrected chi connectivity index (χ0v) is 12.8. The zero-order chi connectivity index (χ0) is 13.9. The van der Waals surface area contributed by atoms with Crippen LogP contribution in [0.25, 0.3) is 11.0 Å². The Kier molecular flexibility index (Phi) is 4.27. The molecular weight excluding hydrogens is 270 g/mol. The summed E-state index contributed by atoms with van der Waals surface area (Å²) in [5.74, 6) is 1.14. The highest BCUT2D eigenvalue weighted by Gasteiger charge is 2.16. The van der Waals surface area contributed by atoms with Crippen LogP contribution < -0.4 is 5.32 Å². The maximum absolute atomic E-state index is 6.07. The van der Waals surface area contributed by atoms with Crippen LogP contribution in [-0.4, -0.2) is 15.6 Å². The van der Waals surface area contributed by atoms with E-state index in [0.717, 1.165) is 35.9 Å². The smallest absolute Gasteiger partial charge is 0.123 e. The van der Waals surface area contributed by atoms with Gasteiger partial charge in [0.05, 0.1) is 17.6 Å². The van der Waals surface area contributed by atoms with Gasteiger partial charge in [-0.2, -0.15) is 0 Å². The van der Waals surface area contributed by atoms with Crippen molar-refractivity contribution < 1.29 is 0 Å². The number of imidazole rings is 1. The minimum Gasteiger partial charge on any atom is -0.327 e. The van der Waals surface area contributed by atoms with E-state index in [1.807, 2.05) is 12.1 Å². The molecule has 0 unspecified atom stereocenters. The first kappa shape index (κ1) is 13.9. The topological polar surface area (TPSA) is 29.9 Å². The van der Waals surface area contributed by atoms with Gasteiger partial charge in [0.1, 0.15) is 5.82 Å². The molecule has 0 saturated heterocycles. The number of aryl methyl sites for hydroxylation is 1. The van der Waals surface area contributed by atoms with Crippen LogP contribution in [0.2, 0.25) is 5.02 Å². The van der Waals surface area contributed by atoms with E-state index in [-0.39, 0.29) is 0 Å². The summed E-state index contributed by atoms with van der Waals surface area (Å²) >= 11 is 6.07. The molecule has 1 aliphatic carbocycles. The van der Waals surface area contributed by atoms with Gasteiger partial charge in [-0.3, -0.25) is 0 Å². The van der Waals surface area contributed by atoms with E-state index in [1.54, 1.807) is 0 Å². The summed E-state index contributed by atoms with van der Waals surface area (Å²) in [6, 6.07) is 6.67. The number of benzene rings is 1. The van der Waals surface area contributed by atoms with Crippen LogP contribution >= 0.6 is 11.6 Å². The third-order valence-electron chi connectivity index (χ3n) is 4.14. The summed E-state index contributed by atoms with van der Waals surface area (Å²) in [5, 5.41) is 4.41. The van der Waals surface area contributed by atoms with Crippen molar-refractivity contribution in [3.8, 4) is 0 Å². The monoisotopic (exact) mass is 291 g/mol. The molecule has 1 N–H and O–H groups in total. The van der Waals surface area contributed by atoms with Crippen LogP contribution in [-0.2, 0) is 13.1 Å². The number of hydrogen-bond acceptors (Lipinski definition) is 2. The summed E-state index contributed by atoms with van der Waals surface area (Å²) in [6.45, 7) is 4.08. The molecule has 0 amide bonds. The minimum absolute atomic E-state index is 0.675. The lowest BCUT2D eigenvalue weighted by atomic mass is 10.2. The Balaban J connectivity index is 1.85. The minimum atomic E-state index is 0.675. The standard InChI is InChI=1S/C16H22ClN3/c1-2-9-20-15-8-7-12(17)10-14(15)19-16(20)11-18-13-5-3-4-6-13/h7-8,10,13,18H,2-6,9,11H2,1H3. The fourth-order valence-corrected chi connectivity index (χ4v) is 3.29. The number of aromatic nitrogens is 2. The van der Waals surface area contributed by atoms with Crippen LogP contribution in [0.1, 0.15) is 44.9 Å². The van der Waals surface area contributed by atoms with E-state index in [4.69, 9.17) is 16.6 Å². The average Bonchev–Trinajstić information content (AvgIpc) is 3.05. The second-order valence-electron chi connectivity index (χ2n) is 5.67.